The average Bonchev–Trinajstić information content (AvgIpc) is 2.88. The molecule has 1 atom stereocenters. The Hall–Kier alpha value is -1.37. The lowest BCUT2D eigenvalue weighted by Gasteiger charge is -2.15. The number of thioether (sulfide) groups is 1. The van der Waals surface area contributed by atoms with Gasteiger partial charge >= 0.3 is 12.1 Å². The number of hydrogen-bond acceptors (Lipinski definition) is 3. The number of rotatable bonds is 4. The number of carbonyl (C=O) groups is 1. The second-order valence-corrected chi connectivity index (χ2v) is 5.99. The van der Waals surface area contributed by atoms with Crippen LogP contribution in [0.1, 0.15) is 28.8 Å². The van der Waals surface area contributed by atoms with Gasteiger partial charge in [-0.25, -0.2) is 4.79 Å². The van der Waals surface area contributed by atoms with Crippen molar-refractivity contribution in [3.63, 3.8) is 0 Å². The zero-order valence-electron chi connectivity index (χ0n) is 10.5. The number of carboxylic acids is 1. The molecule has 0 spiro atoms. The summed E-state index contributed by atoms with van der Waals surface area (Å²) in [4.78, 5) is 10.8. The zero-order valence-corrected chi connectivity index (χ0v) is 11.4. The molecule has 1 saturated heterocycles. The summed E-state index contributed by atoms with van der Waals surface area (Å²) in [6, 6.07) is 3.23. The van der Waals surface area contributed by atoms with E-state index in [0.29, 0.717) is 17.5 Å². The van der Waals surface area contributed by atoms with Gasteiger partial charge in [-0.3, -0.25) is 0 Å². The van der Waals surface area contributed by atoms with Crippen LogP contribution in [0.25, 0.3) is 0 Å². The monoisotopic (exact) mass is 305 g/mol. The van der Waals surface area contributed by atoms with Crippen molar-refractivity contribution in [2.45, 2.75) is 24.3 Å². The van der Waals surface area contributed by atoms with E-state index in [-0.39, 0.29) is 0 Å². The fraction of sp³-hybridized carbons (Fsp3) is 0.462. The Balaban J connectivity index is 2.16. The molecule has 0 amide bonds. The van der Waals surface area contributed by atoms with Crippen molar-refractivity contribution in [1.82, 2.24) is 0 Å². The number of alkyl halides is 3. The number of halogens is 3. The maximum absolute atomic E-state index is 12.8. The first-order chi connectivity index (χ1) is 9.38. The molecule has 3 nitrogen and oxygen atoms in total. The molecular weight excluding hydrogens is 291 g/mol. The number of carboxylic acid groups (broad SMARTS) is 1. The van der Waals surface area contributed by atoms with Gasteiger partial charge in [0, 0.05) is 17.5 Å². The van der Waals surface area contributed by atoms with Crippen molar-refractivity contribution < 1.29 is 23.1 Å². The Morgan fingerprint density at radius 3 is 2.75 bits per heavy atom. The van der Waals surface area contributed by atoms with Crippen LogP contribution in [0.5, 0.6) is 0 Å². The van der Waals surface area contributed by atoms with Gasteiger partial charge in [-0.05, 0) is 36.8 Å². The van der Waals surface area contributed by atoms with E-state index in [9.17, 15) is 18.0 Å². The summed E-state index contributed by atoms with van der Waals surface area (Å²) in [6.07, 6.45) is -2.49. The van der Waals surface area contributed by atoms with Gasteiger partial charge in [-0.1, -0.05) is 0 Å². The van der Waals surface area contributed by atoms with Gasteiger partial charge in [-0.2, -0.15) is 24.9 Å². The second-order valence-electron chi connectivity index (χ2n) is 4.58. The molecule has 1 aromatic rings. The van der Waals surface area contributed by atoms with Crippen molar-refractivity contribution in [3.8, 4) is 0 Å². The molecule has 1 aliphatic heterocycles. The summed E-state index contributed by atoms with van der Waals surface area (Å²) < 4.78 is 38.5. The third-order valence-corrected chi connectivity index (χ3v) is 4.51. The smallest absolute Gasteiger partial charge is 0.417 e. The number of hydrogen-bond donors (Lipinski definition) is 2. The summed E-state index contributed by atoms with van der Waals surface area (Å²) in [5, 5.41) is 12.2. The topological polar surface area (TPSA) is 49.3 Å². The highest BCUT2D eigenvalue weighted by Crippen LogP contribution is 2.34. The van der Waals surface area contributed by atoms with Crippen molar-refractivity contribution in [1.29, 1.82) is 0 Å². The van der Waals surface area contributed by atoms with Crippen molar-refractivity contribution >= 4 is 23.4 Å². The van der Waals surface area contributed by atoms with Gasteiger partial charge in [0.1, 0.15) is 0 Å². The normalized spacial score (nSPS) is 19.1. The minimum atomic E-state index is -4.67. The van der Waals surface area contributed by atoms with E-state index in [1.165, 1.54) is 6.07 Å². The Morgan fingerprint density at radius 2 is 2.20 bits per heavy atom. The molecule has 7 heteroatoms. The van der Waals surface area contributed by atoms with Crippen molar-refractivity contribution in [3.05, 3.63) is 29.3 Å². The largest absolute Gasteiger partial charge is 0.478 e. The van der Waals surface area contributed by atoms with Crippen LogP contribution < -0.4 is 5.32 Å². The highest BCUT2D eigenvalue weighted by molar-refractivity contribution is 8.00. The molecule has 110 valence electrons. The standard InChI is InChI=1S/C13H14F3NO2S/c14-13(15,16)11-6-8(3-4-10(11)12(18)19)17-7-9-2-1-5-20-9/h3-4,6,9,17H,1-2,5,7H2,(H,18,19). The van der Waals surface area contributed by atoms with Gasteiger partial charge < -0.3 is 10.4 Å². The van der Waals surface area contributed by atoms with E-state index in [2.05, 4.69) is 5.32 Å². The lowest BCUT2D eigenvalue weighted by Crippen LogP contribution is -2.16. The molecule has 0 radical (unpaired) electrons. The molecule has 1 unspecified atom stereocenters. The third kappa shape index (κ3) is 3.59. The molecule has 1 heterocycles. The fourth-order valence-electron chi connectivity index (χ4n) is 2.11. The van der Waals surface area contributed by atoms with Crippen LogP contribution in [0.2, 0.25) is 0 Å². The SMILES string of the molecule is O=C(O)c1ccc(NCC2CCCS2)cc1C(F)(F)F. The van der Waals surface area contributed by atoms with E-state index in [1.807, 2.05) is 0 Å². The minimum Gasteiger partial charge on any atom is -0.478 e. The Morgan fingerprint density at radius 1 is 1.45 bits per heavy atom. The summed E-state index contributed by atoms with van der Waals surface area (Å²) in [7, 11) is 0. The van der Waals surface area contributed by atoms with Crippen molar-refractivity contribution in [2.75, 3.05) is 17.6 Å². The first kappa shape index (κ1) is 15.0. The molecule has 1 aliphatic rings. The summed E-state index contributed by atoms with van der Waals surface area (Å²) in [6.45, 7) is 0.592. The molecule has 0 bridgehead atoms. The number of nitrogens with one attached hydrogen (secondary N) is 1. The molecule has 2 N–H and O–H groups in total. The van der Waals surface area contributed by atoms with Gasteiger partial charge in [0.15, 0.2) is 0 Å². The molecule has 20 heavy (non-hydrogen) atoms. The Kier molecular flexibility index (Phi) is 4.47. The van der Waals surface area contributed by atoms with Crippen LogP contribution in [-0.4, -0.2) is 28.6 Å². The number of anilines is 1. The molecule has 1 fully saturated rings. The summed E-state index contributed by atoms with van der Waals surface area (Å²) >= 11 is 1.80. The van der Waals surface area contributed by atoms with Crippen LogP contribution in [-0.2, 0) is 6.18 Å². The molecule has 0 aromatic heterocycles. The van der Waals surface area contributed by atoms with Crippen LogP contribution in [0.4, 0.5) is 18.9 Å². The van der Waals surface area contributed by atoms with Crippen LogP contribution >= 0.6 is 11.8 Å². The molecule has 0 aliphatic carbocycles. The first-order valence-corrected chi connectivity index (χ1v) is 7.23. The predicted octanol–water partition coefficient (Wildman–Crippen LogP) is 3.71. The average molecular weight is 305 g/mol. The van der Waals surface area contributed by atoms with Crippen LogP contribution in [0.3, 0.4) is 0 Å². The minimum absolute atomic E-state index is 0.301. The van der Waals surface area contributed by atoms with E-state index >= 15 is 0 Å². The lowest BCUT2D eigenvalue weighted by molar-refractivity contribution is -0.138. The Bertz CT molecular complexity index is 499. The quantitative estimate of drug-likeness (QED) is 0.890. The van der Waals surface area contributed by atoms with Gasteiger partial charge in [0.2, 0.25) is 0 Å². The van der Waals surface area contributed by atoms with Crippen LogP contribution in [0, 0.1) is 0 Å². The molecule has 1 aromatic carbocycles. The number of benzene rings is 1. The summed E-state index contributed by atoms with van der Waals surface area (Å²) in [5.41, 5.74) is -1.54. The van der Waals surface area contributed by atoms with E-state index < -0.39 is 23.3 Å². The van der Waals surface area contributed by atoms with Crippen LogP contribution in [0.15, 0.2) is 18.2 Å². The highest BCUT2D eigenvalue weighted by atomic mass is 32.2. The first-order valence-electron chi connectivity index (χ1n) is 6.18. The van der Waals surface area contributed by atoms with Gasteiger partial charge in [-0.15, -0.1) is 0 Å². The van der Waals surface area contributed by atoms with E-state index in [1.54, 1.807) is 11.8 Å². The van der Waals surface area contributed by atoms with Gasteiger partial charge in [0.25, 0.3) is 0 Å². The van der Waals surface area contributed by atoms with Gasteiger partial charge in [0.05, 0.1) is 11.1 Å². The summed E-state index contributed by atoms with van der Waals surface area (Å²) in [5.74, 6) is -0.492. The van der Waals surface area contributed by atoms with E-state index in [0.717, 1.165) is 30.7 Å². The highest BCUT2D eigenvalue weighted by Gasteiger charge is 2.35. The molecular formula is C13H14F3NO2S. The maximum atomic E-state index is 12.8. The zero-order chi connectivity index (χ0) is 14.8. The maximum Gasteiger partial charge on any atom is 0.417 e. The predicted molar refractivity (Wildman–Crippen MR) is 72.4 cm³/mol. The van der Waals surface area contributed by atoms with Crippen molar-refractivity contribution in [2.24, 2.45) is 0 Å². The molecule has 2 rings (SSSR count). The molecule has 0 saturated carbocycles. The fourth-order valence-corrected chi connectivity index (χ4v) is 3.31. The lowest BCUT2D eigenvalue weighted by atomic mass is 10.1. The Labute approximate surface area is 118 Å². The number of aromatic carboxylic acids is 1. The van der Waals surface area contributed by atoms with E-state index in [4.69, 9.17) is 5.11 Å². The third-order valence-electron chi connectivity index (χ3n) is 3.11. The second kappa shape index (κ2) is 5.95.